The lowest BCUT2D eigenvalue weighted by Crippen LogP contribution is -2.26. The summed E-state index contributed by atoms with van der Waals surface area (Å²) in [6.07, 6.45) is 1.50. The zero-order valence-corrected chi connectivity index (χ0v) is 17.5. The Morgan fingerprint density at radius 1 is 1.03 bits per heavy atom. The third kappa shape index (κ3) is 4.70. The number of nitrogens with zero attached hydrogens (tertiary/aromatic N) is 3. The Hall–Kier alpha value is -4.33. The van der Waals surface area contributed by atoms with Crippen molar-refractivity contribution in [2.24, 2.45) is 0 Å². The molecule has 4 aromatic rings. The zero-order valence-electron chi connectivity index (χ0n) is 17.5. The molecule has 1 N–H and O–H groups in total. The maximum Gasteiger partial charge on any atom is 0.259 e. The number of aryl methyl sites for hydroxylation is 1. The smallest absolute Gasteiger partial charge is 0.259 e. The molecule has 160 valence electrons. The van der Waals surface area contributed by atoms with Gasteiger partial charge in [-0.15, -0.1) is 0 Å². The van der Waals surface area contributed by atoms with Crippen LogP contribution in [-0.4, -0.2) is 26.4 Å². The fourth-order valence-electron chi connectivity index (χ4n) is 3.19. The van der Waals surface area contributed by atoms with E-state index in [0.717, 1.165) is 11.1 Å². The number of hydrogen-bond acceptors (Lipinski definition) is 6. The molecular formula is C24H20N4O4. The van der Waals surface area contributed by atoms with Crippen LogP contribution in [0.2, 0.25) is 0 Å². The van der Waals surface area contributed by atoms with Crippen molar-refractivity contribution in [3.8, 4) is 22.8 Å². The van der Waals surface area contributed by atoms with Gasteiger partial charge in [0.05, 0.1) is 5.56 Å². The molecular weight excluding hydrogens is 408 g/mol. The molecule has 0 aliphatic rings. The fourth-order valence-corrected chi connectivity index (χ4v) is 3.19. The minimum absolute atomic E-state index is 0.102. The quantitative estimate of drug-likeness (QED) is 0.469. The number of pyridine rings is 1. The molecule has 0 unspecified atom stereocenters. The second-order valence-electron chi connectivity index (χ2n) is 7.36. The molecule has 0 bridgehead atoms. The Morgan fingerprint density at radius 3 is 2.62 bits per heavy atom. The molecule has 0 aliphatic heterocycles. The minimum atomic E-state index is -0.407. The van der Waals surface area contributed by atoms with Crippen molar-refractivity contribution < 1.29 is 14.1 Å². The van der Waals surface area contributed by atoms with Gasteiger partial charge >= 0.3 is 0 Å². The first-order valence-electron chi connectivity index (χ1n) is 9.91. The molecule has 2 heterocycles. The molecule has 0 spiro atoms. The van der Waals surface area contributed by atoms with Crippen molar-refractivity contribution in [1.82, 2.24) is 14.7 Å². The van der Waals surface area contributed by atoms with Crippen molar-refractivity contribution in [1.29, 1.82) is 0 Å². The van der Waals surface area contributed by atoms with Crippen LogP contribution in [0, 0.1) is 6.92 Å². The van der Waals surface area contributed by atoms with Crippen molar-refractivity contribution in [2.75, 3.05) is 5.32 Å². The third-order valence-electron chi connectivity index (χ3n) is 4.80. The summed E-state index contributed by atoms with van der Waals surface area (Å²) in [6, 6.07) is 17.2. The molecule has 0 atom stereocenters. The van der Waals surface area contributed by atoms with Crippen molar-refractivity contribution in [2.45, 2.75) is 20.4 Å². The molecule has 0 fully saturated rings. The van der Waals surface area contributed by atoms with Crippen molar-refractivity contribution in [3.05, 3.63) is 88.3 Å². The van der Waals surface area contributed by atoms with E-state index in [9.17, 15) is 14.4 Å². The lowest BCUT2D eigenvalue weighted by Gasteiger charge is -2.09. The van der Waals surface area contributed by atoms with Crippen LogP contribution >= 0.6 is 0 Å². The van der Waals surface area contributed by atoms with E-state index < -0.39 is 5.91 Å². The van der Waals surface area contributed by atoms with E-state index in [0.29, 0.717) is 22.6 Å². The van der Waals surface area contributed by atoms with E-state index in [4.69, 9.17) is 4.52 Å². The lowest BCUT2D eigenvalue weighted by atomic mass is 10.1. The Labute approximate surface area is 183 Å². The average molecular weight is 428 g/mol. The number of hydrogen-bond donors (Lipinski definition) is 1. The molecule has 0 saturated carbocycles. The second kappa shape index (κ2) is 8.81. The van der Waals surface area contributed by atoms with Gasteiger partial charge in [0, 0.05) is 29.1 Å². The zero-order chi connectivity index (χ0) is 22.7. The summed E-state index contributed by atoms with van der Waals surface area (Å²) in [7, 11) is 0. The monoisotopic (exact) mass is 428 g/mol. The van der Waals surface area contributed by atoms with Crippen LogP contribution in [0.25, 0.3) is 22.8 Å². The number of benzene rings is 2. The van der Waals surface area contributed by atoms with Crippen LogP contribution in [-0.2, 0) is 11.3 Å². The van der Waals surface area contributed by atoms with Gasteiger partial charge in [0.2, 0.25) is 11.7 Å². The maximum atomic E-state index is 12.5. The maximum absolute atomic E-state index is 12.5. The molecule has 1 amide bonds. The topological polar surface area (TPSA) is 107 Å². The highest BCUT2D eigenvalue weighted by atomic mass is 16.5. The summed E-state index contributed by atoms with van der Waals surface area (Å²) in [5.74, 6) is 0.167. The molecule has 2 aromatic heterocycles. The van der Waals surface area contributed by atoms with Gasteiger partial charge in [-0.3, -0.25) is 14.4 Å². The van der Waals surface area contributed by atoms with Crippen LogP contribution in [0.1, 0.15) is 22.8 Å². The molecule has 4 rings (SSSR count). The summed E-state index contributed by atoms with van der Waals surface area (Å²) in [4.78, 5) is 40.7. The molecule has 0 radical (unpaired) electrons. The van der Waals surface area contributed by atoms with Gasteiger partial charge < -0.3 is 14.4 Å². The van der Waals surface area contributed by atoms with Gasteiger partial charge in [-0.25, -0.2) is 0 Å². The second-order valence-corrected chi connectivity index (χ2v) is 7.36. The first-order valence-corrected chi connectivity index (χ1v) is 9.91. The van der Waals surface area contributed by atoms with E-state index in [1.807, 2.05) is 31.2 Å². The number of Topliss-reactive ketones (excluding diaryl/α,β-unsaturated/α-hetero) is 1. The number of amides is 1. The fraction of sp³-hybridized carbons (Fsp3) is 0.125. The first kappa shape index (κ1) is 20.9. The van der Waals surface area contributed by atoms with E-state index in [1.165, 1.54) is 23.8 Å². The highest BCUT2D eigenvalue weighted by molar-refractivity contribution is 5.97. The van der Waals surface area contributed by atoms with E-state index in [2.05, 4.69) is 15.5 Å². The first-order chi connectivity index (χ1) is 15.4. The molecule has 0 saturated heterocycles. The van der Waals surface area contributed by atoms with Crippen molar-refractivity contribution in [3.63, 3.8) is 0 Å². The summed E-state index contributed by atoms with van der Waals surface area (Å²) in [6.45, 7) is 3.21. The SMILES string of the molecule is CC(=O)c1cccc(NC(=O)Cn2cc(-c3nc(-c4cccc(C)c4)no3)ccc2=O)c1. The number of aromatic nitrogens is 3. The Morgan fingerprint density at radius 2 is 1.84 bits per heavy atom. The molecule has 2 aromatic carbocycles. The largest absolute Gasteiger partial charge is 0.334 e. The standard InChI is InChI=1S/C24H20N4O4/c1-15-5-3-7-18(11-15)23-26-24(32-27-23)19-9-10-22(31)28(13-19)14-21(30)25-20-8-4-6-17(12-20)16(2)29/h3-13H,14H2,1-2H3,(H,25,30). The van der Waals surface area contributed by atoms with E-state index in [1.54, 1.807) is 30.3 Å². The number of carbonyl (C=O) groups excluding carboxylic acids is 2. The highest BCUT2D eigenvalue weighted by Crippen LogP contribution is 2.22. The summed E-state index contributed by atoms with van der Waals surface area (Å²) >= 11 is 0. The molecule has 32 heavy (non-hydrogen) atoms. The molecule has 0 aliphatic carbocycles. The number of nitrogens with one attached hydrogen (secondary N) is 1. The normalized spacial score (nSPS) is 10.7. The van der Waals surface area contributed by atoms with Gasteiger partial charge in [0.25, 0.3) is 11.4 Å². The Balaban J connectivity index is 1.53. The van der Waals surface area contributed by atoms with Crippen molar-refractivity contribution >= 4 is 17.4 Å². The van der Waals surface area contributed by atoms with Gasteiger partial charge in [-0.05, 0) is 38.1 Å². The van der Waals surface area contributed by atoms with E-state index >= 15 is 0 Å². The van der Waals surface area contributed by atoms with E-state index in [-0.39, 0.29) is 23.8 Å². The number of carbonyl (C=O) groups is 2. The van der Waals surface area contributed by atoms with Crippen LogP contribution in [0.4, 0.5) is 5.69 Å². The summed E-state index contributed by atoms with van der Waals surface area (Å²) < 4.78 is 6.63. The Bertz CT molecular complexity index is 1370. The van der Waals surface area contributed by atoms with Crippen LogP contribution < -0.4 is 10.9 Å². The molecule has 8 nitrogen and oxygen atoms in total. The Kier molecular flexibility index (Phi) is 5.76. The van der Waals surface area contributed by atoms with Crippen LogP contribution in [0.15, 0.2) is 76.2 Å². The van der Waals surface area contributed by atoms with Gasteiger partial charge in [0.1, 0.15) is 6.54 Å². The van der Waals surface area contributed by atoms with Crippen LogP contribution in [0.3, 0.4) is 0 Å². The number of rotatable bonds is 6. The minimum Gasteiger partial charge on any atom is -0.334 e. The predicted molar refractivity (Wildman–Crippen MR) is 119 cm³/mol. The molecule has 8 heteroatoms. The highest BCUT2D eigenvalue weighted by Gasteiger charge is 2.13. The van der Waals surface area contributed by atoms with Gasteiger partial charge in [0.15, 0.2) is 5.78 Å². The lowest BCUT2D eigenvalue weighted by molar-refractivity contribution is -0.116. The number of ketones is 1. The van der Waals surface area contributed by atoms with Crippen LogP contribution in [0.5, 0.6) is 0 Å². The summed E-state index contributed by atoms with van der Waals surface area (Å²) in [5.41, 5.74) is 3.03. The van der Waals surface area contributed by atoms with Gasteiger partial charge in [-0.1, -0.05) is 41.1 Å². The summed E-state index contributed by atoms with van der Waals surface area (Å²) in [5, 5.41) is 6.72. The van der Waals surface area contributed by atoms with Gasteiger partial charge in [-0.2, -0.15) is 4.98 Å². The third-order valence-corrected chi connectivity index (χ3v) is 4.80. The average Bonchev–Trinajstić information content (AvgIpc) is 3.26. The number of anilines is 1. The predicted octanol–water partition coefficient (Wildman–Crippen LogP) is 3.72.